The molecule has 0 radical (unpaired) electrons. The van der Waals surface area contributed by atoms with Crippen molar-refractivity contribution in [3.63, 3.8) is 0 Å². The smallest absolute Gasteiger partial charge is 0.283 e. The Bertz CT molecular complexity index is 1360. The van der Waals surface area contributed by atoms with E-state index in [-0.39, 0.29) is 16.6 Å². The molecule has 3 aromatic carbocycles. The molecule has 35 heavy (non-hydrogen) atoms. The van der Waals surface area contributed by atoms with Gasteiger partial charge in [-0.15, -0.1) is 0 Å². The standard InChI is InChI=1S/C28H26ClN3O3/c1-16(2)19-9-12-23(13-10-19)32-27(34)24(29)25(28(32)35)30-21-7-5-6-20(15-21)26(33)31-22-11-8-17(3)18(4)14-22/h5-16,30H,1-4H3,(H,31,33). The molecule has 7 heteroatoms. The molecule has 4 rings (SSSR count). The minimum atomic E-state index is -0.597. The number of hydrogen-bond acceptors (Lipinski definition) is 4. The van der Waals surface area contributed by atoms with Gasteiger partial charge in [-0.1, -0.05) is 49.7 Å². The fraction of sp³-hybridized carbons (Fsp3) is 0.179. The van der Waals surface area contributed by atoms with Crippen LogP contribution in [0.3, 0.4) is 0 Å². The molecule has 0 saturated heterocycles. The molecule has 0 unspecified atom stereocenters. The maximum Gasteiger partial charge on any atom is 0.283 e. The van der Waals surface area contributed by atoms with E-state index in [0.29, 0.717) is 28.5 Å². The third-order valence-corrected chi connectivity index (χ3v) is 6.35. The number of carbonyl (C=O) groups excluding carboxylic acids is 3. The normalized spacial score (nSPS) is 13.6. The van der Waals surface area contributed by atoms with Crippen molar-refractivity contribution in [3.8, 4) is 0 Å². The number of amides is 3. The van der Waals surface area contributed by atoms with Crippen LogP contribution in [0, 0.1) is 13.8 Å². The van der Waals surface area contributed by atoms with Crippen LogP contribution in [0.4, 0.5) is 17.1 Å². The zero-order chi connectivity index (χ0) is 25.3. The Morgan fingerprint density at radius 3 is 2.23 bits per heavy atom. The third-order valence-electron chi connectivity index (χ3n) is 6.00. The predicted molar refractivity (Wildman–Crippen MR) is 140 cm³/mol. The Hall–Kier alpha value is -3.90. The van der Waals surface area contributed by atoms with E-state index in [0.717, 1.165) is 21.6 Å². The van der Waals surface area contributed by atoms with E-state index in [1.807, 2.05) is 44.2 Å². The lowest BCUT2D eigenvalue weighted by atomic mass is 10.0. The Kier molecular flexibility index (Phi) is 6.76. The second kappa shape index (κ2) is 9.76. The second-order valence-corrected chi connectivity index (χ2v) is 9.22. The predicted octanol–water partition coefficient (Wildman–Crippen LogP) is 6.11. The number of hydrogen-bond donors (Lipinski definition) is 2. The SMILES string of the molecule is Cc1ccc(NC(=O)c2cccc(NC3=C(Cl)C(=O)N(c4ccc(C(C)C)cc4)C3=O)c2)cc1C. The van der Waals surface area contributed by atoms with Gasteiger partial charge in [-0.25, -0.2) is 4.90 Å². The zero-order valence-electron chi connectivity index (χ0n) is 20.0. The van der Waals surface area contributed by atoms with E-state index in [1.54, 1.807) is 36.4 Å². The van der Waals surface area contributed by atoms with E-state index in [4.69, 9.17) is 11.6 Å². The number of aryl methyl sites for hydroxylation is 2. The maximum absolute atomic E-state index is 13.1. The van der Waals surface area contributed by atoms with Gasteiger partial charge < -0.3 is 10.6 Å². The molecule has 3 aromatic rings. The van der Waals surface area contributed by atoms with Crippen molar-refractivity contribution >= 4 is 46.4 Å². The van der Waals surface area contributed by atoms with Crippen LogP contribution in [0.25, 0.3) is 0 Å². The Labute approximate surface area is 209 Å². The summed E-state index contributed by atoms with van der Waals surface area (Å²) in [5.41, 5.74) is 5.27. The van der Waals surface area contributed by atoms with Crippen LogP contribution in [-0.2, 0) is 9.59 Å². The number of imide groups is 1. The average molecular weight is 488 g/mol. The summed E-state index contributed by atoms with van der Waals surface area (Å²) >= 11 is 6.26. The number of nitrogens with one attached hydrogen (secondary N) is 2. The summed E-state index contributed by atoms with van der Waals surface area (Å²) in [6.45, 7) is 8.12. The minimum absolute atomic E-state index is 0.0312. The summed E-state index contributed by atoms with van der Waals surface area (Å²) in [6.07, 6.45) is 0. The van der Waals surface area contributed by atoms with Crippen LogP contribution in [-0.4, -0.2) is 17.7 Å². The van der Waals surface area contributed by atoms with E-state index >= 15 is 0 Å². The van der Waals surface area contributed by atoms with Crippen LogP contribution >= 0.6 is 11.6 Å². The first-order valence-electron chi connectivity index (χ1n) is 11.3. The van der Waals surface area contributed by atoms with E-state index in [2.05, 4.69) is 24.5 Å². The second-order valence-electron chi connectivity index (χ2n) is 8.84. The molecule has 2 N–H and O–H groups in total. The number of carbonyl (C=O) groups is 3. The van der Waals surface area contributed by atoms with Gasteiger partial charge in [0, 0.05) is 16.9 Å². The largest absolute Gasteiger partial charge is 0.350 e. The van der Waals surface area contributed by atoms with Crippen molar-refractivity contribution in [1.29, 1.82) is 0 Å². The van der Waals surface area contributed by atoms with E-state index < -0.39 is 11.8 Å². The van der Waals surface area contributed by atoms with Crippen LogP contribution in [0.15, 0.2) is 77.5 Å². The molecule has 3 amide bonds. The maximum atomic E-state index is 13.1. The first-order chi connectivity index (χ1) is 16.7. The van der Waals surface area contributed by atoms with Crippen molar-refractivity contribution in [1.82, 2.24) is 0 Å². The summed E-state index contributed by atoms with van der Waals surface area (Å²) in [7, 11) is 0. The van der Waals surface area contributed by atoms with Crippen LogP contribution in [0.1, 0.15) is 46.8 Å². The number of anilines is 3. The third kappa shape index (κ3) is 4.98. The zero-order valence-corrected chi connectivity index (χ0v) is 20.7. The number of nitrogens with zero attached hydrogens (tertiary/aromatic N) is 1. The Balaban J connectivity index is 1.52. The highest BCUT2D eigenvalue weighted by Crippen LogP contribution is 2.31. The van der Waals surface area contributed by atoms with Crippen molar-refractivity contribution < 1.29 is 14.4 Å². The Morgan fingerprint density at radius 2 is 1.57 bits per heavy atom. The highest BCUT2D eigenvalue weighted by Gasteiger charge is 2.39. The molecule has 6 nitrogen and oxygen atoms in total. The molecule has 0 saturated carbocycles. The quantitative estimate of drug-likeness (QED) is 0.411. The number of benzene rings is 3. The summed E-state index contributed by atoms with van der Waals surface area (Å²) in [5.74, 6) is -1.12. The van der Waals surface area contributed by atoms with Gasteiger partial charge in [0.05, 0.1) is 5.69 Å². The average Bonchev–Trinajstić information content (AvgIpc) is 3.04. The summed E-state index contributed by atoms with van der Waals surface area (Å²) in [4.78, 5) is 39.7. The summed E-state index contributed by atoms with van der Waals surface area (Å²) in [5, 5.41) is 5.61. The molecule has 0 fully saturated rings. The van der Waals surface area contributed by atoms with Gasteiger partial charge in [0.2, 0.25) is 0 Å². The molecule has 0 bridgehead atoms. The molecule has 1 aliphatic rings. The van der Waals surface area contributed by atoms with Gasteiger partial charge in [0.25, 0.3) is 17.7 Å². The van der Waals surface area contributed by atoms with Crippen LogP contribution in [0.2, 0.25) is 0 Å². The summed E-state index contributed by atoms with van der Waals surface area (Å²) in [6, 6.07) is 19.6. The molecule has 0 aliphatic carbocycles. The lowest BCUT2D eigenvalue weighted by Crippen LogP contribution is -2.32. The molecule has 0 atom stereocenters. The van der Waals surface area contributed by atoms with Crippen molar-refractivity contribution in [3.05, 3.63) is 99.7 Å². The topological polar surface area (TPSA) is 78.5 Å². The van der Waals surface area contributed by atoms with Crippen molar-refractivity contribution in [2.45, 2.75) is 33.6 Å². The number of rotatable bonds is 6. The van der Waals surface area contributed by atoms with Gasteiger partial charge >= 0.3 is 0 Å². The Morgan fingerprint density at radius 1 is 0.857 bits per heavy atom. The molecule has 178 valence electrons. The monoisotopic (exact) mass is 487 g/mol. The van der Waals surface area contributed by atoms with Crippen LogP contribution in [0.5, 0.6) is 0 Å². The molecular formula is C28H26ClN3O3. The highest BCUT2D eigenvalue weighted by molar-refractivity contribution is 6.53. The van der Waals surface area contributed by atoms with Gasteiger partial charge in [-0.3, -0.25) is 14.4 Å². The fourth-order valence-corrected chi connectivity index (χ4v) is 3.97. The van der Waals surface area contributed by atoms with E-state index in [9.17, 15) is 14.4 Å². The van der Waals surface area contributed by atoms with Crippen molar-refractivity contribution in [2.24, 2.45) is 0 Å². The number of halogens is 1. The lowest BCUT2D eigenvalue weighted by molar-refractivity contribution is -0.120. The molecule has 1 heterocycles. The fourth-order valence-electron chi connectivity index (χ4n) is 3.76. The van der Waals surface area contributed by atoms with Gasteiger partial charge in [-0.05, 0) is 78.9 Å². The first kappa shape index (κ1) is 24.2. The molecule has 1 aliphatic heterocycles. The van der Waals surface area contributed by atoms with Crippen molar-refractivity contribution in [2.75, 3.05) is 15.5 Å². The molecule has 0 spiro atoms. The van der Waals surface area contributed by atoms with Gasteiger partial charge in [-0.2, -0.15) is 0 Å². The first-order valence-corrected chi connectivity index (χ1v) is 11.7. The van der Waals surface area contributed by atoms with Gasteiger partial charge in [0.1, 0.15) is 10.7 Å². The van der Waals surface area contributed by atoms with E-state index in [1.165, 1.54) is 0 Å². The minimum Gasteiger partial charge on any atom is -0.350 e. The summed E-state index contributed by atoms with van der Waals surface area (Å²) < 4.78 is 0. The molecular weight excluding hydrogens is 462 g/mol. The lowest BCUT2D eigenvalue weighted by Gasteiger charge is -2.16. The van der Waals surface area contributed by atoms with Gasteiger partial charge in [0.15, 0.2) is 0 Å². The van der Waals surface area contributed by atoms with Crippen LogP contribution < -0.4 is 15.5 Å². The molecule has 0 aromatic heterocycles. The highest BCUT2D eigenvalue weighted by atomic mass is 35.5.